The predicted molar refractivity (Wildman–Crippen MR) is 84.0 cm³/mol. The van der Waals surface area contributed by atoms with Gasteiger partial charge < -0.3 is 0 Å². The summed E-state index contributed by atoms with van der Waals surface area (Å²) in [6, 6.07) is 6.88. The standard InChI is InChI=1S/C17H18N2O3/c1-4-9-19-16(21)14(15(20)18-17(19)22)10-12-5-7-13(8-6-12)11(2)3/h4-8,10-11H,1,9H2,2-3H3,(H,18,20,22)/b14-10+. The Morgan fingerprint density at radius 2 is 1.82 bits per heavy atom. The number of amides is 4. The van der Waals surface area contributed by atoms with E-state index in [1.807, 2.05) is 24.3 Å². The number of carbonyl (C=O) groups excluding carboxylic acids is 3. The molecule has 1 fully saturated rings. The van der Waals surface area contributed by atoms with Crippen LogP contribution in [-0.2, 0) is 9.59 Å². The van der Waals surface area contributed by atoms with Crippen LogP contribution in [0, 0.1) is 0 Å². The summed E-state index contributed by atoms with van der Waals surface area (Å²) in [7, 11) is 0. The number of benzene rings is 1. The van der Waals surface area contributed by atoms with Crippen LogP contribution in [0.2, 0.25) is 0 Å². The van der Waals surface area contributed by atoms with Crippen LogP contribution in [0.25, 0.3) is 6.08 Å². The minimum absolute atomic E-state index is 0.0567. The molecule has 0 unspecified atom stereocenters. The Balaban J connectivity index is 2.32. The van der Waals surface area contributed by atoms with Crippen LogP contribution >= 0.6 is 0 Å². The van der Waals surface area contributed by atoms with Gasteiger partial charge in [-0.25, -0.2) is 4.79 Å². The molecule has 0 atom stereocenters. The Hall–Kier alpha value is -2.69. The summed E-state index contributed by atoms with van der Waals surface area (Å²) in [5.41, 5.74) is 1.85. The van der Waals surface area contributed by atoms with Gasteiger partial charge in [0.05, 0.1) is 0 Å². The third kappa shape index (κ3) is 3.14. The van der Waals surface area contributed by atoms with E-state index in [9.17, 15) is 14.4 Å². The summed E-state index contributed by atoms with van der Waals surface area (Å²) in [5.74, 6) is -0.883. The van der Waals surface area contributed by atoms with Gasteiger partial charge in [0.1, 0.15) is 5.57 Å². The molecule has 1 aliphatic heterocycles. The topological polar surface area (TPSA) is 66.5 Å². The van der Waals surface area contributed by atoms with E-state index >= 15 is 0 Å². The molecule has 0 spiro atoms. The molecule has 4 amide bonds. The first-order valence-corrected chi connectivity index (χ1v) is 7.03. The molecule has 114 valence electrons. The quantitative estimate of drug-likeness (QED) is 0.527. The molecule has 0 radical (unpaired) electrons. The molecule has 0 aliphatic carbocycles. The maximum atomic E-state index is 12.2. The van der Waals surface area contributed by atoms with Crippen molar-refractivity contribution in [1.82, 2.24) is 10.2 Å². The second-order valence-electron chi connectivity index (χ2n) is 5.34. The van der Waals surface area contributed by atoms with Gasteiger partial charge >= 0.3 is 6.03 Å². The number of carbonyl (C=O) groups is 3. The number of rotatable bonds is 4. The molecule has 0 bridgehead atoms. The average Bonchev–Trinajstić information content (AvgIpc) is 2.48. The highest BCUT2D eigenvalue weighted by Gasteiger charge is 2.34. The molecule has 5 heteroatoms. The molecule has 1 aromatic rings. The Bertz CT molecular complexity index is 657. The lowest BCUT2D eigenvalue weighted by Crippen LogP contribution is -2.54. The van der Waals surface area contributed by atoms with E-state index < -0.39 is 17.8 Å². The van der Waals surface area contributed by atoms with Crippen molar-refractivity contribution in [1.29, 1.82) is 0 Å². The summed E-state index contributed by atoms with van der Waals surface area (Å²) in [5, 5.41) is 2.16. The number of imide groups is 2. The lowest BCUT2D eigenvalue weighted by molar-refractivity contribution is -0.129. The molecule has 1 saturated heterocycles. The Labute approximate surface area is 129 Å². The number of barbiturate groups is 1. The van der Waals surface area contributed by atoms with Gasteiger partial charge in [-0.05, 0) is 23.1 Å². The number of hydrogen-bond acceptors (Lipinski definition) is 3. The zero-order valence-corrected chi connectivity index (χ0v) is 12.6. The van der Waals surface area contributed by atoms with E-state index in [4.69, 9.17) is 0 Å². The molecule has 22 heavy (non-hydrogen) atoms. The van der Waals surface area contributed by atoms with Crippen molar-refractivity contribution in [3.63, 3.8) is 0 Å². The summed E-state index contributed by atoms with van der Waals surface area (Å²) in [6.07, 6.45) is 2.92. The van der Waals surface area contributed by atoms with E-state index in [1.165, 1.54) is 17.7 Å². The summed E-state index contributed by atoms with van der Waals surface area (Å²) in [4.78, 5) is 36.7. The van der Waals surface area contributed by atoms with Crippen molar-refractivity contribution in [3.05, 3.63) is 53.6 Å². The molecule has 1 aliphatic rings. The third-order valence-electron chi connectivity index (χ3n) is 3.41. The minimum Gasteiger partial charge on any atom is -0.273 e. The number of urea groups is 1. The van der Waals surface area contributed by atoms with Crippen LogP contribution in [0.1, 0.15) is 30.9 Å². The lowest BCUT2D eigenvalue weighted by Gasteiger charge is -2.25. The smallest absolute Gasteiger partial charge is 0.273 e. The van der Waals surface area contributed by atoms with Crippen molar-refractivity contribution in [2.75, 3.05) is 6.54 Å². The summed E-state index contributed by atoms with van der Waals surface area (Å²) < 4.78 is 0. The second kappa shape index (κ2) is 6.39. The van der Waals surface area contributed by atoms with Crippen molar-refractivity contribution in [2.24, 2.45) is 0 Å². The zero-order chi connectivity index (χ0) is 16.3. The highest BCUT2D eigenvalue weighted by molar-refractivity contribution is 6.31. The monoisotopic (exact) mass is 298 g/mol. The molecule has 2 rings (SSSR count). The van der Waals surface area contributed by atoms with Crippen molar-refractivity contribution in [2.45, 2.75) is 19.8 Å². The average molecular weight is 298 g/mol. The van der Waals surface area contributed by atoms with Crippen LogP contribution in [0.5, 0.6) is 0 Å². The predicted octanol–water partition coefficient (Wildman–Crippen LogP) is 2.46. The third-order valence-corrected chi connectivity index (χ3v) is 3.41. The first-order chi connectivity index (χ1) is 10.4. The molecule has 5 nitrogen and oxygen atoms in total. The normalized spacial score (nSPS) is 17.1. The first kappa shape index (κ1) is 15.7. The van der Waals surface area contributed by atoms with Crippen LogP contribution in [0.3, 0.4) is 0 Å². The van der Waals surface area contributed by atoms with Crippen LogP contribution in [0.15, 0.2) is 42.5 Å². The molecule has 1 N–H and O–H groups in total. The summed E-state index contributed by atoms with van der Waals surface area (Å²) in [6.45, 7) is 7.73. The van der Waals surface area contributed by atoms with Crippen molar-refractivity contribution >= 4 is 23.9 Å². The van der Waals surface area contributed by atoms with Gasteiger partial charge in [-0.3, -0.25) is 19.8 Å². The first-order valence-electron chi connectivity index (χ1n) is 7.03. The Morgan fingerprint density at radius 3 is 2.36 bits per heavy atom. The Kier molecular flexibility index (Phi) is 4.56. The second-order valence-corrected chi connectivity index (χ2v) is 5.34. The molecule has 1 aromatic carbocycles. The maximum Gasteiger partial charge on any atom is 0.331 e. The van der Waals surface area contributed by atoms with Gasteiger partial charge in [-0.2, -0.15) is 0 Å². The van der Waals surface area contributed by atoms with Gasteiger partial charge in [-0.1, -0.05) is 44.2 Å². The fraction of sp³-hybridized carbons (Fsp3) is 0.235. The highest BCUT2D eigenvalue weighted by Crippen LogP contribution is 2.18. The van der Waals surface area contributed by atoms with Gasteiger partial charge in [0.15, 0.2) is 0 Å². The van der Waals surface area contributed by atoms with Gasteiger partial charge in [0.2, 0.25) is 0 Å². The van der Waals surface area contributed by atoms with Gasteiger partial charge in [0, 0.05) is 6.54 Å². The van der Waals surface area contributed by atoms with E-state index in [-0.39, 0.29) is 12.1 Å². The van der Waals surface area contributed by atoms with Crippen LogP contribution in [0.4, 0.5) is 4.79 Å². The van der Waals surface area contributed by atoms with E-state index in [1.54, 1.807) is 0 Å². The largest absolute Gasteiger partial charge is 0.331 e. The number of hydrogen-bond donors (Lipinski definition) is 1. The fourth-order valence-corrected chi connectivity index (χ4v) is 2.13. The zero-order valence-electron chi connectivity index (χ0n) is 12.6. The molecule has 1 heterocycles. The van der Waals surface area contributed by atoms with E-state index in [0.29, 0.717) is 5.92 Å². The number of nitrogens with zero attached hydrogens (tertiary/aromatic N) is 1. The SMILES string of the molecule is C=CCN1C(=O)NC(=O)/C(=C\c2ccc(C(C)C)cc2)C1=O. The minimum atomic E-state index is -0.720. The van der Waals surface area contributed by atoms with Crippen molar-refractivity contribution < 1.29 is 14.4 Å². The molecular formula is C17H18N2O3. The molecule has 0 aromatic heterocycles. The summed E-state index contributed by atoms with van der Waals surface area (Å²) >= 11 is 0. The highest BCUT2D eigenvalue weighted by atomic mass is 16.2. The van der Waals surface area contributed by atoms with E-state index in [0.717, 1.165) is 10.5 Å². The molecule has 0 saturated carbocycles. The number of nitrogens with one attached hydrogen (secondary N) is 1. The Morgan fingerprint density at radius 1 is 1.18 bits per heavy atom. The van der Waals surface area contributed by atoms with E-state index in [2.05, 4.69) is 25.7 Å². The van der Waals surface area contributed by atoms with Gasteiger partial charge in [-0.15, -0.1) is 6.58 Å². The fourth-order valence-electron chi connectivity index (χ4n) is 2.13. The van der Waals surface area contributed by atoms with Crippen molar-refractivity contribution in [3.8, 4) is 0 Å². The van der Waals surface area contributed by atoms with Gasteiger partial charge in [0.25, 0.3) is 11.8 Å². The maximum absolute atomic E-state index is 12.2. The van der Waals surface area contributed by atoms with Crippen LogP contribution < -0.4 is 5.32 Å². The van der Waals surface area contributed by atoms with Crippen LogP contribution in [-0.4, -0.2) is 29.3 Å². The lowest BCUT2D eigenvalue weighted by atomic mass is 10.0. The molecular weight excluding hydrogens is 280 g/mol.